The van der Waals surface area contributed by atoms with Gasteiger partial charge < -0.3 is 14.6 Å². The van der Waals surface area contributed by atoms with Gasteiger partial charge >= 0.3 is 6.03 Å². The summed E-state index contributed by atoms with van der Waals surface area (Å²) in [5.41, 5.74) is 0.339. The number of anilines is 1. The number of urea groups is 1. The van der Waals surface area contributed by atoms with Crippen LogP contribution in [0.1, 0.15) is 5.56 Å². The Morgan fingerprint density at radius 2 is 1.61 bits per heavy atom. The second kappa shape index (κ2) is 7.61. The van der Waals surface area contributed by atoms with Gasteiger partial charge in [0.25, 0.3) is 11.8 Å². The van der Waals surface area contributed by atoms with Crippen LogP contribution in [-0.2, 0) is 9.59 Å². The second-order valence-corrected chi connectivity index (χ2v) is 6.14. The minimum absolute atomic E-state index is 0.0977. The number of phenols is 1. The van der Waals surface area contributed by atoms with E-state index in [0.717, 1.165) is 4.90 Å². The number of aromatic hydroxyl groups is 1. The monoisotopic (exact) mass is 402 g/mol. The number of nitrogens with one attached hydrogen (secondary N) is 1. The molecule has 1 heterocycles. The number of halogens is 1. The predicted molar refractivity (Wildman–Crippen MR) is 102 cm³/mol. The summed E-state index contributed by atoms with van der Waals surface area (Å²) in [4.78, 5) is 38.1. The van der Waals surface area contributed by atoms with Crippen LogP contribution in [0.2, 0.25) is 5.02 Å². The third kappa shape index (κ3) is 3.49. The first-order valence-electron chi connectivity index (χ1n) is 7.97. The van der Waals surface area contributed by atoms with Crippen molar-refractivity contribution in [2.24, 2.45) is 0 Å². The summed E-state index contributed by atoms with van der Waals surface area (Å²) in [5, 5.41) is 12.6. The number of hydrogen-bond acceptors (Lipinski definition) is 6. The van der Waals surface area contributed by atoms with E-state index in [0.29, 0.717) is 10.6 Å². The van der Waals surface area contributed by atoms with Crippen molar-refractivity contribution < 1.29 is 29.0 Å². The quantitative estimate of drug-likeness (QED) is 0.601. The Balaban J connectivity index is 2.05. The topological polar surface area (TPSA) is 105 Å². The van der Waals surface area contributed by atoms with Crippen molar-refractivity contribution in [1.82, 2.24) is 5.32 Å². The van der Waals surface area contributed by atoms with E-state index in [9.17, 15) is 19.5 Å². The largest absolute Gasteiger partial charge is 0.502 e. The van der Waals surface area contributed by atoms with E-state index in [2.05, 4.69) is 5.32 Å². The maximum Gasteiger partial charge on any atom is 0.335 e. The van der Waals surface area contributed by atoms with Crippen LogP contribution in [0.25, 0.3) is 6.08 Å². The van der Waals surface area contributed by atoms with Crippen LogP contribution in [0.3, 0.4) is 0 Å². The number of barbiturate groups is 1. The van der Waals surface area contributed by atoms with Crippen molar-refractivity contribution >= 4 is 41.2 Å². The average Bonchev–Trinajstić information content (AvgIpc) is 2.67. The molecule has 0 aliphatic carbocycles. The standard InChI is InChI=1S/C19H15ClN2O6/c1-27-14-8-10(9-15(28-2)16(14)23)7-13-17(24)21-19(26)22(18(13)25)12-5-3-11(20)4-6-12/h3-9,23H,1-2H3,(H,21,24,26). The van der Waals surface area contributed by atoms with Crippen LogP contribution in [0.4, 0.5) is 10.5 Å². The van der Waals surface area contributed by atoms with E-state index in [-0.39, 0.29) is 28.5 Å². The van der Waals surface area contributed by atoms with Crippen LogP contribution >= 0.6 is 11.6 Å². The summed E-state index contributed by atoms with van der Waals surface area (Å²) >= 11 is 5.84. The highest BCUT2D eigenvalue weighted by molar-refractivity contribution is 6.39. The van der Waals surface area contributed by atoms with Gasteiger partial charge in [-0.15, -0.1) is 0 Å². The number of amides is 4. The van der Waals surface area contributed by atoms with Crippen molar-refractivity contribution in [3.63, 3.8) is 0 Å². The SMILES string of the molecule is COc1cc(C=C2C(=O)NC(=O)N(c3ccc(Cl)cc3)C2=O)cc(OC)c1O. The summed E-state index contributed by atoms with van der Waals surface area (Å²) in [7, 11) is 2.70. The van der Waals surface area contributed by atoms with Crippen LogP contribution < -0.4 is 19.7 Å². The fourth-order valence-electron chi connectivity index (χ4n) is 2.65. The van der Waals surface area contributed by atoms with Gasteiger partial charge in [0.2, 0.25) is 5.75 Å². The molecule has 0 spiro atoms. The average molecular weight is 403 g/mol. The van der Waals surface area contributed by atoms with E-state index >= 15 is 0 Å². The molecular formula is C19H15ClN2O6. The Hall–Kier alpha value is -3.52. The first-order chi connectivity index (χ1) is 13.3. The summed E-state index contributed by atoms with van der Waals surface area (Å²) in [6.07, 6.45) is 1.28. The van der Waals surface area contributed by atoms with Crippen LogP contribution in [-0.4, -0.2) is 37.2 Å². The van der Waals surface area contributed by atoms with Gasteiger partial charge in [0.15, 0.2) is 11.5 Å². The Morgan fingerprint density at radius 1 is 1.04 bits per heavy atom. The molecule has 144 valence electrons. The Kier molecular flexibility index (Phi) is 5.23. The Morgan fingerprint density at radius 3 is 2.14 bits per heavy atom. The van der Waals surface area contributed by atoms with Crippen molar-refractivity contribution in [3.8, 4) is 17.2 Å². The number of methoxy groups -OCH3 is 2. The highest BCUT2D eigenvalue weighted by Gasteiger charge is 2.36. The number of hydrogen-bond donors (Lipinski definition) is 2. The van der Waals surface area contributed by atoms with Gasteiger partial charge in [0.05, 0.1) is 19.9 Å². The van der Waals surface area contributed by atoms with Crippen LogP contribution in [0.5, 0.6) is 17.2 Å². The first-order valence-corrected chi connectivity index (χ1v) is 8.35. The molecule has 3 rings (SSSR count). The van der Waals surface area contributed by atoms with E-state index in [1.165, 1.54) is 56.7 Å². The number of carbonyl (C=O) groups excluding carboxylic acids is 3. The number of phenolic OH excluding ortho intramolecular Hbond substituents is 1. The minimum Gasteiger partial charge on any atom is -0.502 e. The molecule has 0 saturated carbocycles. The van der Waals surface area contributed by atoms with Crippen LogP contribution in [0.15, 0.2) is 42.0 Å². The zero-order valence-electron chi connectivity index (χ0n) is 14.9. The fraction of sp³-hybridized carbons (Fsp3) is 0.105. The van der Waals surface area contributed by atoms with Gasteiger partial charge in [-0.2, -0.15) is 0 Å². The maximum atomic E-state index is 12.8. The molecule has 1 saturated heterocycles. The minimum atomic E-state index is -0.865. The van der Waals surface area contributed by atoms with E-state index in [1.807, 2.05) is 0 Å². The highest BCUT2D eigenvalue weighted by Crippen LogP contribution is 2.38. The lowest BCUT2D eigenvalue weighted by molar-refractivity contribution is -0.122. The molecule has 0 radical (unpaired) electrons. The van der Waals surface area contributed by atoms with Gasteiger partial charge in [-0.1, -0.05) is 11.6 Å². The molecule has 0 aromatic heterocycles. The molecule has 2 N–H and O–H groups in total. The number of nitrogens with zero attached hydrogens (tertiary/aromatic N) is 1. The van der Waals surface area contributed by atoms with Crippen molar-refractivity contribution in [3.05, 3.63) is 52.6 Å². The molecule has 1 aliphatic rings. The van der Waals surface area contributed by atoms with Crippen molar-refractivity contribution in [2.75, 3.05) is 19.1 Å². The summed E-state index contributed by atoms with van der Waals surface area (Å²) < 4.78 is 10.1. The lowest BCUT2D eigenvalue weighted by Gasteiger charge is -2.26. The van der Waals surface area contributed by atoms with Gasteiger partial charge in [-0.25, -0.2) is 9.69 Å². The Bertz CT molecular complexity index is 975. The highest BCUT2D eigenvalue weighted by atomic mass is 35.5. The second-order valence-electron chi connectivity index (χ2n) is 5.71. The Labute approximate surface area is 164 Å². The molecule has 4 amide bonds. The number of imide groups is 2. The number of benzene rings is 2. The molecule has 0 unspecified atom stereocenters. The lowest BCUT2D eigenvalue weighted by atomic mass is 10.1. The maximum absolute atomic E-state index is 12.8. The smallest absolute Gasteiger partial charge is 0.335 e. The third-order valence-electron chi connectivity index (χ3n) is 4.00. The van der Waals surface area contributed by atoms with E-state index < -0.39 is 17.8 Å². The van der Waals surface area contributed by atoms with Gasteiger partial charge in [-0.05, 0) is 48.0 Å². The normalized spacial score (nSPS) is 15.6. The molecule has 1 aliphatic heterocycles. The lowest BCUT2D eigenvalue weighted by Crippen LogP contribution is -2.54. The third-order valence-corrected chi connectivity index (χ3v) is 4.25. The van der Waals surface area contributed by atoms with Gasteiger partial charge in [0.1, 0.15) is 5.57 Å². The van der Waals surface area contributed by atoms with Gasteiger partial charge in [-0.3, -0.25) is 14.9 Å². The van der Waals surface area contributed by atoms with Crippen molar-refractivity contribution in [2.45, 2.75) is 0 Å². The molecule has 2 aromatic rings. The van der Waals surface area contributed by atoms with Crippen molar-refractivity contribution in [1.29, 1.82) is 0 Å². The molecule has 8 nitrogen and oxygen atoms in total. The van der Waals surface area contributed by atoms with E-state index in [4.69, 9.17) is 21.1 Å². The van der Waals surface area contributed by atoms with Crippen LogP contribution in [0, 0.1) is 0 Å². The zero-order chi connectivity index (χ0) is 20.4. The van der Waals surface area contributed by atoms with E-state index in [1.54, 1.807) is 0 Å². The molecule has 0 atom stereocenters. The van der Waals surface area contributed by atoms with Gasteiger partial charge in [0, 0.05) is 5.02 Å². The predicted octanol–water partition coefficient (Wildman–Crippen LogP) is 2.73. The fourth-order valence-corrected chi connectivity index (χ4v) is 2.77. The summed E-state index contributed by atoms with van der Waals surface area (Å²) in [6.45, 7) is 0. The molecule has 2 aromatic carbocycles. The zero-order valence-corrected chi connectivity index (χ0v) is 15.6. The molecule has 1 fully saturated rings. The molecule has 0 bridgehead atoms. The summed E-state index contributed by atoms with van der Waals surface area (Å²) in [5.74, 6) is -1.67. The number of rotatable bonds is 4. The molecular weight excluding hydrogens is 388 g/mol. The number of carbonyl (C=O) groups is 3. The molecule has 28 heavy (non-hydrogen) atoms. The summed E-state index contributed by atoms with van der Waals surface area (Å²) in [6, 6.07) is 8.00. The first kappa shape index (κ1) is 19.2. The number of ether oxygens (including phenoxy) is 2. The molecule has 9 heteroatoms.